The van der Waals surface area contributed by atoms with Gasteiger partial charge in [-0.1, -0.05) is 36.9 Å². The summed E-state index contributed by atoms with van der Waals surface area (Å²) < 4.78 is 17.6. The minimum Gasteiger partial charge on any atom is -0.459 e. The van der Waals surface area contributed by atoms with Gasteiger partial charge in [0.25, 0.3) is 0 Å². The summed E-state index contributed by atoms with van der Waals surface area (Å²) in [6.45, 7) is 9.05. The number of carbonyl (C=O) groups is 1. The summed E-state index contributed by atoms with van der Waals surface area (Å²) in [7, 11) is 1.69. The molecule has 150 valence electrons. The molecule has 0 N–H and O–H groups in total. The van der Waals surface area contributed by atoms with Crippen LogP contribution in [0.3, 0.4) is 0 Å². The lowest BCUT2D eigenvalue weighted by molar-refractivity contribution is -0.129. The number of fused-ring (bicyclic) bond motifs is 2. The molecule has 1 unspecified atom stereocenters. The maximum atomic E-state index is 11.9. The van der Waals surface area contributed by atoms with Crippen LogP contribution in [0, 0.1) is 0 Å². The molecule has 0 saturated carbocycles. The summed E-state index contributed by atoms with van der Waals surface area (Å²) >= 11 is 0. The van der Waals surface area contributed by atoms with E-state index in [-0.39, 0.29) is 5.41 Å². The number of para-hydroxylation sites is 2. The van der Waals surface area contributed by atoms with Crippen molar-refractivity contribution in [2.75, 3.05) is 25.2 Å². The first-order valence-electron chi connectivity index (χ1n) is 9.66. The fourth-order valence-electron chi connectivity index (χ4n) is 4.29. The lowest BCUT2D eigenvalue weighted by atomic mass is 9.76. The van der Waals surface area contributed by atoms with Gasteiger partial charge in [-0.15, -0.1) is 0 Å². The van der Waals surface area contributed by atoms with Gasteiger partial charge in [-0.25, -0.2) is 4.79 Å². The van der Waals surface area contributed by atoms with E-state index in [1.54, 1.807) is 13.2 Å². The molecule has 0 amide bonds. The van der Waals surface area contributed by atoms with Gasteiger partial charge in [0, 0.05) is 31.0 Å². The molecule has 1 atom stereocenters. The van der Waals surface area contributed by atoms with Crippen molar-refractivity contribution in [1.29, 1.82) is 0 Å². The van der Waals surface area contributed by atoms with Gasteiger partial charge in [-0.2, -0.15) is 0 Å². The average Bonchev–Trinajstić information content (AvgIpc) is 2.91. The van der Waals surface area contributed by atoms with Crippen LogP contribution in [0.2, 0.25) is 0 Å². The van der Waals surface area contributed by atoms with E-state index in [4.69, 9.17) is 14.2 Å². The van der Waals surface area contributed by atoms with Crippen molar-refractivity contribution < 1.29 is 19.0 Å². The topological polar surface area (TPSA) is 48.0 Å². The summed E-state index contributed by atoms with van der Waals surface area (Å²) in [6, 6.07) is 13.9. The van der Waals surface area contributed by atoms with Crippen LogP contribution in [0.1, 0.15) is 25.0 Å². The van der Waals surface area contributed by atoms with Crippen molar-refractivity contribution in [3.8, 4) is 11.5 Å². The van der Waals surface area contributed by atoms with Crippen molar-refractivity contribution in [3.05, 3.63) is 72.3 Å². The summed E-state index contributed by atoms with van der Waals surface area (Å²) in [5.74, 6) is 0.416. The van der Waals surface area contributed by atoms with Crippen LogP contribution in [0.25, 0.3) is 6.08 Å². The second-order valence-corrected chi connectivity index (χ2v) is 7.72. The highest BCUT2D eigenvalue weighted by molar-refractivity contribution is 5.84. The molecule has 2 aromatic carbocycles. The van der Waals surface area contributed by atoms with Gasteiger partial charge in [0.1, 0.15) is 0 Å². The third-order valence-electron chi connectivity index (χ3n) is 5.82. The molecule has 5 nitrogen and oxygen atoms in total. The molecule has 0 aromatic heterocycles. The number of anilines is 1. The number of benzene rings is 2. The van der Waals surface area contributed by atoms with E-state index in [0.717, 1.165) is 17.3 Å². The Hall–Kier alpha value is -3.05. The monoisotopic (exact) mass is 391 g/mol. The Morgan fingerprint density at radius 1 is 1.21 bits per heavy atom. The molecule has 2 aliphatic rings. The largest absolute Gasteiger partial charge is 0.459 e. The number of methoxy groups -OCH3 is 1. The highest BCUT2D eigenvalue weighted by Crippen LogP contribution is 2.55. The average molecular weight is 391 g/mol. The smallest absolute Gasteiger partial charge is 0.335 e. The lowest BCUT2D eigenvalue weighted by Crippen LogP contribution is -2.60. The number of esters is 1. The number of nitrogens with zero attached hydrogens (tertiary/aromatic N) is 1. The van der Waals surface area contributed by atoms with E-state index in [9.17, 15) is 4.79 Å². The molecule has 2 aliphatic heterocycles. The van der Waals surface area contributed by atoms with E-state index in [0.29, 0.717) is 24.7 Å². The third kappa shape index (κ3) is 2.85. The molecular formula is C24H25NO4. The molecular weight excluding hydrogens is 366 g/mol. The Morgan fingerprint density at radius 2 is 2.00 bits per heavy atom. The highest BCUT2D eigenvalue weighted by atomic mass is 16.6. The van der Waals surface area contributed by atoms with Crippen LogP contribution < -0.4 is 14.4 Å². The Morgan fingerprint density at radius 3 is 2.76 bits per heavy atom. The Kier molecular flexibility index (Phi) is 4.71. The zero-order chi connectivity index (χ0) is 20.6. The SMILES string of the molecule is C=CC(=O)Oc1cccc2c1OC1(C=C2)N(CCOC)c2ccccc2C1(C)C. The maximum absolute atomic E-state index is 11.9. The van der Waals surface area contributed by atoms with Crippen LogP contribution >= 0.6 is 0 Å². The first-order chi connectivity index (χ1) is 13.9. The summed E-state index contributed by atoms with van der Waals surface area (Å²) in [6.07, 6.45) is 5.29. The fraction of sp³-hybridized carbons (Fsp3) is 0.292. The Labute approximate surface area is 171 Å². The fourth-order valence-corrected chi connectivity index (χ4v) is 4.29. The standard InChI is InChI=1S/C24H25NO4/c1-5-21(26)28-20-12-8-9-17-13-14-24(29-22(17)20)23(2,3)18-10-6-7-11-19(18)25(24)15-16-27-4/h5-14H,1,15-16H2,2-4H3. The molecule has 0 aliphatic carbocycles. The van der Waals surface area contributed by atoms with Gasteiger partial charge in [-0.05, 0) is 43.7 Å². The van der Waals surface area contributed by atoms with Crippen molar-refractivity contribution in [2.24, 2.45) is 0 Å². The molecule has 5 heteroatoms. The predicted molar refractivity (Wildman–Crippen MR) is 113 cm³/mol. The number of hydrogen-bond acceptors (Lipinski definition) is 5. The van der Waals surface area contributed by atoms with Crippen molar-refractivity contribution >= 4 is 17.7 Å². The summed E-state index contributed by atoms with van der Waals surface area (Å²) in [5.41, 5.74) is 2.04. The van der Waals surface area contributed by atoms with Crippen molar-refractivity contribution in [2.45, 2.75) is 25.0 Å². The van der Waals surface area contributed by atoms with E-state index in [1.165, 1.54) is 5.56 Å². The highest BCUT2D eigenvalue weighted by Gasteiger charge is 2.58. The maximum Gasteiger partial charge on any atom is 0.335 e. The lowest BCUT2D eigenvalue weighted by Gasteiger charge is -2.47. The van der Waals surface area contributed by atoms with Gasteiger partial charge in [0.05, 0.1) is 12.0 Å². The normalized spacial score (nSPS) is 20.7. The van der Waals surface area contributed by atoms with Gasteiger partial charge < -0.3 is 19.1 Å². The first-order valence-corrected chi connectivity index (χ1v) is 9.66. The minimum absolute atomic E-state index is 0.360. The molecule has 0 saturated heterocycles. The minimum atomic E-state index is -0.779. The summed E-state index contributed by atoms with van der Waals surface area (Å²) in [5, 5.41) is 0. The number of rotatable bonds is 5. The Bertz CT molecular complexity index is 994. The van der Waals surface area contributed by atoms with E-state index in [2.05, 4.69) is 43.5 Å². The molecule has 0 bridgehead atoms. The van der Waals surface area contributed by atoms with Gasteiger partial charge >= 0.3 is 5.97 Å². The second-order valence-electron chi connectivity index (χ2n) is 7.72. The predicted octanol–water partition coefficient (Wildman–Crippen LogP) is 4.32. The quantitative estimate of drug-likeness (QED) is 0.431. The number of hydrogen-bond donors (Lipinski definition) is 0. The zero-order valence-corrected chi connectivity index (χ0v) is 17.0. The Balaban J connectivity index is 1.85. The van der Waals surface area contributed by atoms with Crippen molar-refractivity contribution in [3.63, 3.8) is 0 Å². The van der Waals surface area contributed by atoms with Gasteiger partial charge in [0.15, 0.2) is 11.5 Å². The number of ether oxygens (including phenoxy) is 3. The van der Waals surface area contributed by atoms with Gasteiger partial charge in [-0.3, -0.25) is 0 Å². The second kappa shape index (κ2) is 7.08. The van der Waals surface area contributed by atoms with Crippen molar-refractivity contribution in [1.82, 2.24) is 0 Å². The van der Waals surface area contributed by atoms with E-state index in [1.807, 2.05) is 30.3 Å². The molecule has 4 rings (SSSR count). The van der Waals surface area contributed by atoms with Crippen LogP contribution in [-0.2, 0) is 14.9 Å². The van der Waals surface area contributed by atoms with Crippen LogP contribution in [0.15, 0.2) is 61.2 Å². The molecule has 29 heavy (non-hydrogen) atoms. The van der Waals surface area contributed by atoms with Crippen LogP contribution in [-0.4, -0.2) is 32.0 Å². The molecule has 0 radical (unpaired) electrons. The van der Waals surface area contributed by atoms with E-state index < -0.39 is 11.7 Å². The van der Waals surface area contributed by atoms with E-state index >= 15 is 0 Å². The molecule has 1 spiro atoms. The molecule has 2 heterocycles. The van der Waals surface area contributed by atoms with Gasteiger partial charge in [0.2, 0.25) is 5.72 Å². The first kappa shape index (κ1) is 19.3. The summed E-state index contributed by atoms with van der Waals surface area (Å²) in [4.78, 5) is 14.1. The molecule has 0 fully saturated rings. The molecule has 2 aromatic rings. The zero-order valence-electron chi connectivity index (χ0n) is 17.0. The van der Waals surface area contributed by atoms with Crippen LogP contribution in [0.4, 0.5) is 5.69 Å². The number of carbonyl (C=O) groups excluding carboxylic acids is 1. The van der Waals surface area contributed by atoms with Crippen LogP contribution in [0.5, 0.6) is 11.5 Å². The third-order valence-corrected chi connectivity index (χ3v) is 5.82.